The molecule has 0 atom stereocenters. The van der Waals surface area contributed by atoms with E-state index in [-0.39, 0.29) is 25.3 Å². The summed E-state index contributed by atoms with van der Waals surface area (Å²) in [6, 6.07) is 6.50. The van der Waals surface area contributed by atoms with Crippen molar-refractivity contribution in [2.24, 2.45) is 0 Å². The summed E-state index contributed by atoms with van der Waals surface area (Å²) in [5, 5.41) is 9.00. The van der Waals surface area contributed by atoms with Crippen LogP contribution in [-0.4, -0.2) is 35.6 Å². The van der Waals surface area contributed by atoms with Crippen molar-refractivity contribution in [3.8, 4) is 5.75 Å². The molecule has 0 fully saturated rings. The number of amides is 2. The number of alkyl halides is 3. The summed E-state index contributed by atoms with van der Waals surface area (Å²) in [6.45, 7) is 2.77. The predicted octanol–water partition coefficient (Wildman–Crippen LogP) is 3.20. The van der Waals surface area contributed by atoms with E-state index in [4.69, 9.17) is 9.47 Å². The van der Waals surface area contributed by atoms with Crippen LogP contribution in [0.3, 0.4) is 0 Å². The number of nitrogens with one attached hydrogen (secondary N) is 2. The maximum absolute atomic E-state index is 13.2. The minimum Gasteiger partial charge on any atom is -0.492 e. The van der Waals surface area contributed by atoms with E-state index in [0.29, 0.717) is 36.8 Å². The fourth-order valence-corrected chi connectivity index (χ4v) is 3.01. The molecule has 28 heavy (non-hydrogen) atoms. The van der Waals surface area contributed by atoms with Crippen molar-refractivity contribution >= 4 is 11.7 Å². The fraction of sp³-hybridized carbons (Fsp3) is 0.444. The van der Waals surface area contributed by atoms with E-state index in [0.717, 1.165) is 0 Å². The smallest absolute Gasteiger partial charge is 0.435 e. The molecule has 2 amide bonds. The Bertz CT molecular complexity index is 836. The number of fused-ring (bicyclic) bond motifs is 1. The summed E-state index contributed by atoms with van der Waals surface area (Å²) < 4.78 is 51.4. The Hall–Kier alpha value is -2.75. The van der Waals surface area contributed by atoms with Crippen molar-refractivity contribution in [2.75, 3.05) is 25.1 Å². The SMILES string of the molecule is CCOc1ccccc1NC(=O)NCCn1nc(C(F)(F)F)c2c1CCOC2. The Balaban J connectivity index is 1.61. The maximum atomic E-state index is 13.2. The van der Waals surface area contributed by atoms with Gasteiger partial charge in [-0.2, -0.15) is 18.3 Å². The summed E-state index contributed by atoms with van der Waals surface area (Å²) in [6.07, 6.45) is -4.18. The number of benzene rings is 1. The van der Waals surface area contributed by atoms with Gasteiger partial charge in [0.1, 0.15) is 5.75 Å². The van der Waals surface area contributed by atoms with E-state index in [2.05, 4.69) is 15.7 Å². The molecule has 0 saturated carbocycles. The number of nitrogens with zero attached hydrogens (tertiary/aromatic N) is 2. The van der Waals surface area contributed by atoms with Gasteiger partial charge in [0.25, 0.3) is 0 Å². The molecule has 2 heterocycles. The lowest BCUT2D eigenvalue weighted by atomic mass is 10.1. The second-order valence-electron chi connectivity index (χ2n) is 6.11. The highest BCUT2D eigenvalue weighted by Crippen LogP contribution is 2.34. The topological polar surface area (TPSA) is 77.4 Å². The summed E-state index contributed by atoms with van der Waals surface area (Å²) in [5.41, 5.74) is 0.170. The molecule has 2 N–H and O–H groups in total. The lowest BCUT2D eigenvalue weighted by molar-refractivity contribution is -0.142. The third-order valence-electron chi connectivity index (χ3n) is 4.21. The molecule has 7 nitrogen and oxygen atoms in total. The third-order valence-corrected chi connectivity index (χ3v) is 4.21. The zero-order valence-corrected chi connectivity index (χ0v) is 15.3. The van der Waals surface area contributed by atoms with Gasteiger partial charge in [0.15, 0.2) is 5.69 Å². The second kappa shape index (κ2) is 8.51. The molecule has 3 rings (SSSR count). The van der Waals surface area contributed by atoms with E-state index in [1.54, 1.807) is 24.3 Å². The van der Waals surface area contributed by atoms with Gasteiger partial charge in [-0.3, -0.25) is 4.68 Å². The molecule has 1 aromatic carbocycles. The van der Waals surface area contributed by atoms with Crippen LogP contribution in [0.2, 0.25) is 0 Å². The number of aromatic nitrogens is 2. The van der Waals surface area contributed by atoms with Crippen LogP contribution in [0.1, 0.15) is 23.9 Å². The van der Waals surface area contributed by atoms with Gasteiger partial charge >= 0.3 is 12.2 Å². The van der Waals surface area contributed by atoms with E-state index in [1.165, 1.54) is 4.68 Å². The van der Waals surface area contributed by atoms with Crippen LogP contribution in [0.4, 0.5) is 23.7 Å². The van der Waals surface area contributed by atoms with Gasteiger partial charge < -0.3 is 20.1 Å². The molecule has 10 heteroatoms. The third kappa shape index (κ3) is 4.56. The molecule has 1 aliphatic rings. The number of ether oxygens (including phenoxy) is 2. The molecule has 0 spiro atoms. The van der Waals surface area contributed by atoms with Gasteiger partial charge in [0.05, 0.1) is 32.1 Å². The highest BCUT2D eigenvalue weighted by atomic mass is 19.4. The van der Waals surface area contributed by atoms with Gasteiger partial charge in [0, 0.05) is 24.2 Å². The number of halogens is 3. The summed E-state index contributed by atoms with van der Waals surface area (Å²) in [4.78, 5) is 12.1. The average molecular weight is 398 g/mol. The molecular formula is C18H21F3N4O3. The first-order valence-corrected chi connectivity index (χ1v) is 8.90. The minimum atomic E-state index is -4.54. The molecule has 0 radical (unpaired) electrons. The molecule has 0 unspecified atom stereocenters. The number of carbonyl (C=O) groups is 1. The van der Waals surface area contributed by atoms with Crippen molar-refractivity contribution in [3.63, 3.8) is 0 Å². The fourth-order valence-electron chi connectivity index (χ4n) is 3.01. The van der Waals surface area contributed by atoms with Crippen LogP contribution in [0.15, 0.2) is 24.3 Å². The highest BCUT2D eigenvalue weighted by Gasteiger charge is 2.39. The molecule has 1 aliphatic heterocycles. The zero-order chi connectivity index (χ0) is 20.1. The van der Waals surface area contributed by atoms with Crippen molar-refractivity contribution in [2.45, 2.75) is 32.7 Å². The van der Waals surface area contributed by atoms with Crippen molar-refractivity contribution in [3.05, 3.63) is 41.2 Å². The summed E-state index contributed by atoms with van der Waals surface area (Å²) in [7, 11) is 0. The molecule has 0 bridgehead atoms. The number of anilines is 1. The lowest BCUT2D eigenvalue weighted by Crippen LogP contribution is -2.32. The molecule has 0 aliphatic carbocycles. The standard InChI is InChI=1S/C18H21F3N4O3/c1-2-28-15-6-4-3-5-13(15)23-17(26)22-8-9-25-14-7-10-27-11-12(14)16(24-25)18(19,20)21/h3-6H,2,7-11H2,1H3,(H2,22,23,26). The first-order chi connectivity index (χ1) is 13.4. The molecular weight excluding hydrogens is 377 g/mol. The van der Waals surface area contributed by atoms with Crippen LogP contribution in [-0.2, 0) is 30.5 Å². The number of urea groups is 1. The van der Waals surface area contributed by atoms with Crippen LogP contribution in [0.25, 0.3) is 0 Å². The first-order valence-electron chi connectivity index (χ1n) is 8.90. The van der Waals surface area contributed by atoms with Gasteiger partial charge in [-0.15, -0.1) is 0 Å². The van der Waals surface area contributed by atoms with Crippen LogP contribution in [0, 0.1) is 0 Å². The number of rotatable bonds is 6. The first kappa shape index (κ1) is 20.0. The van der Waals surface area contributed by atoms with Crippen LogP contribution >= 0.6 is 0 Å². The van der Waals surface area contributed by atoms with Crippen LogP contribution in [0.5, 0.6) is 5.75 Å². The Kier molecular flexibility index (Phi) is 6.08. The minimum absolute atomic E-state index is 0.0776. The Labute approximate surface area is 159 Å². The number of carbonyl (C=O) groups excluding carboxylic acids is 1. The number of hydrogen-bond donors (Lipinski definition) is 2. The Morgan fingerprint density at radius 3 is 2.89 bits per heavy atom. The van der Waals surface area contributed by atoms with Gasteiger partial charge in [-0.25, -0.2) is 4.79 Å². The van der Waals surface area contributed by atoms with Crippen molar-refractivity contribution in [1.82, 2.24) is 15.1 Å². The van der Waals surface area contributed by atoms with E-state index in [9.17, 15) is 18.0 Å². The van der Waals surface area contributed by atoms with Crippen molar-refractivity contribution in [1.29, 1.82) is 0 Å². The molecule has 152 valence electrons. The van der Waals surface area contributed by atoms with Gasteiger partial charge in [-0.1, -0.05) is 12.1 Å². The largest absolute Gasteiger partial charge is 0.492 e. The second-order valence-corrected chi connectivity index (χ2v) is 6.11. The Morgan fingerprint density at radius 2 is 2.14 bits per heavy atom. The summed E-state index contributed by atoms with van der Waals surface area (Å²) in [5.74, 6) is 0.538. The Morgan fingerprint density at radius 1 is 1.36 bits per heavy atom. The van der Waals surface area contributed by atoms with Gasteiger partial charge in [-0.05, 0) is 19.1 Å². The maximum Gasteiger partial charge on any atom is 0.435 e. The van der Waals surface area contributed by atoms with E-state index < -0.39 is 17.9 Å². The molecule has 2 aromatic rings. The monoisotopic (exact) mass is 398 g/mol. The highest BCUT2D eigenvalue weighted by molar-refractivity contribution is 5.90. The quantitative estimate of drug-likeness (QED) is 0.784. The average Bonchev–Trinajstić information content (AvgIpc) is 3.03. The zero-order valence-electron chi connectivity index (χ0n) is 15.3. The lowest BCUT2D eigenvalue weighted by Gasteiger charge is -2.16. The van der Waals surface area contributed by atoms with E-state index >= 15 is 0 Å². The molecule has 1 aromatic heterocycles. The molecule has 0 saturated heterocycles. The number of hydrogen-bond acceptors (Lipinski definition) is 4. The predicted molar refractivity (Wildman–Crippen MR) is 95.2 cm³/mol. The van der Waals surface area contributed by atoms with Crippen LogP contribution < -0.4 is 15.4 Å². The normalized spacial score (nSPS) is 13.7. The van der Waals surface area contributed by atoms with Crippen molar-refractivity contribution < 1.29 is 27.4 Å². The number of para-hydroxylation sites is 2. The van der Waals surface area contributed by atoms with Gasteiger partial charge in [0.2, 0.25) is 0 Å². The van der Waals surface area contributed by atoms with E-state index in [1.807, 2.05) is 6.92 Å². The summed E-state index contributed by atoms with van der Waals surface area (Å²) >= 11 is 0.